The van der Waals surface area contributed by atoms with Crippen molar-refractivity contribution in [2.24, 2.45) is 5.73 Å². The van der Waals surface area contributed by atoms with Crippen molar-refractivity contribution in [2.45, 2.75) is 26.9 Å². The summed E-state index contributed by atoms with van der Waals surface area (Å²) in [6.07, 6.45) is 0.896. The quantitative estimate of drug-likeness (QED) is 0.752. The first-order chi connectivity index (χ1) is 7.69. The minimum atomic E-state index is 0.589. The van der Waals surface area contributed by atoms with E-state index in [9.17, 15) is 0 Å². The van der Waals surface area contributed by atoms with Crippen molar-refractivity contribution in [2.75, 3.05) is 20.3 Å². The van der Waals surface area contributed by atoms with E-state index in [4.69, 9.17) is 15.2 Å². The van der Waals surface area contributed by atoms with Crippen molar-refractivity contribution in [3.05, 3.63) is 28.8 Å². The summed E-state index contributed by atoms with van der Waals surface area (Å²) < 4.78 is 10.9. The number of benzene rings is 1. The lowest BCUT2D eigenvalue weighted by Crippen LogP contribution is -2.05. The van der Waals surface area contributed by atoms with Gasteiger partial charge < -0.3 is 15.2 Å². The molecular weight excluding hydrogens is 202 g/mol. The third kappa shape index (κ3) is 3.51. The molecule has 3 nitrogen and oxygen atoms in total. The molecule has 0 aliphatic rings. The zero-order valence-corrected chi connectivity index (χ0v) is 10.4. The van der Waals surface area contributed by atoms with Gasteiger partial charge in [-0.3, -0.25) is 0 Å². The maximum Gasteiger partial charge on any atom is 0.127 e. The van der Waals surface area contributed by atoms with Gasteiger partial charge in [0.1, 0.15) is 5.75 Å². The fourth-order valence-corrected chi connectivity index (χ4v) is 1.81. The van der Waals surface area contributed by atoms with Gasteiger partial charge in [-0.15, -0.1) is 0 Å². The van der Waals surface area contributed by atoms with E-state index in [1.54, 1.807) is 7.11 Å². The summed E-state index contributed by atoms with van der Waals surface area (Å²) in [4.78, 5) is 0. The molecular formula is C13H21NO2. The molecule has 0 unspecified atom stereocenters. The van der Waals surface area contributed by atoms with Crippen LogP contribution in [0.4, 0.5) is 0 Å². The van der Waals surface area contributed by atoms with Crippen molar-refractivity contribution < 1.29 is 9.47 Å². The van der Waals surface area contributed by atoms with Gasteiger partial charge in [0.15, 0.2) is 0 Å². The molecule has 16 heavy (non-hydrogen) atoms. The standard InChI is InChI=1S/C13H21NO2/c1-10-7-11(2)13(15-3)12(8-10)9-16-6-4-5-14/h7-8H,4-6,9,14H2,1-3H3. The predicted octanol–water partition coefficient (Wildman–Crippen LogP) is 2.18. The minimum Gasteiger partial charge on any atom is -0.496 e. The molecule has 0 fully saturated rings. The van der Waals surface area contributed by atoms with Crippen molar-refractivity contribution >= 4 is 0 Å². The molecule has 0 bridgehead atoms. The maximum atomic E-state index is 5.55. The van der Waals surface area contributed by atoms with Crippen LogP contribution in [-0.2, 0) is 11.3 Å². The van der Waals surface area contributed by atoms with E-state index in [1.165, 1.54) is 5.56 Å². The lowest BCUT2D eigenvalue weighted by atomic mass is 10.1. The van der Waals surface area contributed by atoms with Gasteiger partial charge in [0.2, 0.25) is 0 Å². The van der Waals surface area contributed by atoms with E-state index in [-0.39, 0.29) is 0 Å². The Morgan fingerprint density at radius 3 is 2.62 bits per heavy atom. The zero-order chi connectivity index (χ0) is 12.0. The lowest BCUT2D eigenvalue weighted by molar-refractivity contribution is 0.118. The number of methoxy groups -OCH3 is 1. The Hall–Kier alpha value is -1.06. The van der Waals surface area contributed by atoms with Crippen LogP contribution >= 0.6 is 0 Å². The summed E-state index contributed by atoms with van der Waals surface area (Å²) in [6, 6.07) is 4.22. The number of rotatable bonds is 6. The molecule has 0 radical (unpaired) electrons. The van der Waals surface area contributed by atoms with Gasteiger partial charge in [-0.25, -0.2) is 0 Å². The highest BCUT2D eigenvalue weighted by Gasteiger charge is 2.07. The highest BCUT2D eigenvalue weighted by Crippen LogP contribution is 2.25. The van der Waals surface area contributed by atoms with Gasteiger partial charge in [0, 0.05) is 12.2 Å². The molecule has 1 aromatic carbocycles. The van der Waals surface area contributed by atoms with Crippen molar-refractivity contribution in [1.29, 1.82) is 0 Å². The molecule has 0 aromatic heterocycles. The third-order valence-electron chi connectivity index (χ3n) is 2.45. The third-order valence-corrected chi connectivity index (χ3v) is 2.45. The summed E-state index contributed by atoms with van der Waals surface area (Å²) in [7, 11) is 1.70. The fourth-order valence-electron chi connectivity index (χ4n) is 1.81. The molecule has 0 spiro atoms. The Kier molecular flexibility index (Phi) is 5.29. The van der Waals surface area contributed by atoms with Gasteiger partial charge in [-0.2, -0.15) is 0 Å². The molecule has 1 aromatic rings. The first kappa shape index (κ1) is 13.0. The number of ether oxygens (including phenoxy) is 2. The van der Waals surface area contributed by atoms with Crippen LogP contribution in [0, 0.1) is 13.8 Å². The molecule has 0 heterocycles. The number of nitrogens with two attached hydrogens (primary N) is 1. The Bertz CT molecular complexity index is 337. The van der Waals surface area contributed by atoms with E-state index in [0.717, 1.165) is 23.3 Å². The van der Waals surface area contributed by atoms with Crippen molar-refractivity contribution in [3.63, 3.8) is 0 Å². The summed E-state index contributed by atoms with van der Waals surface area (Å²) >= 11 is 0. The van der Waals surface area contributed by atoms with Crippen molar-refractivity contribution in [3.8, 4) is 5.75 Å². The summed E-state index contributed by atoms with van der Waals surface area (Å²) in [5, 5.41) is 0. The van der Waals surface area contributed by atoms with Crippen LogP contribution in [-0.4, -0.2) is 20.3 Å². The van der Waals surface area contributed by atoms with Crippen LogP contribution in [0.25, 0.3) is 0 Å². The highest BCUT2D eigenvalue weighted by atomic mass is 16.5. The predicted molar refractivity (Wildman–Crippen MR) is 65.8 cm³/mol. The van der Waals surface area contributed by atoms with E-state index >= 15 is 0 Å². The van der Waals surface area contributed by atoms with Crippen LogP contribution in [0.1, 0.15) is 23.1 Å². The summed E-state index contributed by atoms with van der Waals surface area (Å²) in [5.74, 6) is 0.929. The first-order valence-electron chi connectivity index (χ1n) is 5.61. The number of hydrogen-bond donors (Lipinski definition) is 1. The SMILES string of the molecule is COc1c(C)cc(C)cc1COCCCN. The second-order valence-corrected chi connectivity index (χ2v) is 3.97. The molecule has 0 amide bonds. The highest BCUT2D eigenvalue weighted by molar-refractivity contribution is 5.43. The molecule has 0 aliphatic heterocycles. The fraction of sp³-hybridized carbons (Fsp3) is 0.538. The van der Waals surface area contributed by atoms with E-state index < -0.39 is 0 Å². The Labute approximate surface area is 97.6 Å². The summed E-state index contributed by atoms with van der Waals surface area (Å²) in [6.45, 7) is 6.09. The normalized spacial score (nSPS) is 10.5. The second-order valence-electron chi connectivity index (χ2n) is 3.97. The minimum absolute atomic E-state index is 0.589. The van der Waals surface area contributed by atoms with Crippen LogP contribution in [0.3, 0.4) is 0 Å². The smallest absolute Gasteiger partial charge is 0.127 e. The average molecular weight is 223 g/mol. The van der Waals surface area contributed by atoms with Crippen LogP contribution in [0.2, 0.25) is 0 Å². The molecule has 0 aliphatic carbocycles. The maximum absolute atomic E-state index is 5.55. The molecule has 0 saturated carbocycles. The lowest BCUT2D eigenvalue weighted by Gasteiger charge is -2.13. The first-order valence-corrected chi connectivity index (χ1v) is 5.61. The van der Waals surface area contributed by atoms with Gasteiger partial charge in [-0.05, 0) is 32.4 Å². The Balaban J connectivity index is 2.69. The number of aryl methyl sites for hydroxylation is 2. The van der Waals surface area contributed by atoms with Crippen LogP contribution < -0.4 is 10.5 Å². The number of hydrogen-bond acceptors (Lipinski definition) is 3. The average Bonchev–Trinajstić information content (AvgIpc) is 2.24. The van der Waals surface area contributed by atoms with Gasteiger partial charge in [0.25, 0.3) is 0 Å². The molecule has 0 saturated heterocycles. The second kappa shape index (κ2) is 6.51. The van der Waals surface area contributed by atoms with E-state index in [0.29, 0.717) is 19.8 Å². The van der Waals surface area contributed by atoms with Crippen molar-refractivity contribution in [1.82, 2.24) is 0 Å². The van der Waals surface area contributed by atoms with Gasteiger partial charge >= 0.3 is 0 Å². The molecule has 0 atom stereocenters. The van der Waals surface area contributed by atoms with Crippen LogP contribution in [0.15, 0.2) is 12.1 Å². The molecule has 2 N–H and O–H groups in total. The van der Waals surface area contributed by atoms with E-state index in [2.05, 4.69) is 26.0 Å². The zero-order valence-electron chi connectivity index (χ0n) is 10.4. The van der Waals surface area contributed by atoms with Gasteiger partial charge in [-0.1, -0.05) is 17.7 Å². The largest absolute Gasteiger partial charge is 0.496 e. The molecule has 3 heteroatoms. The molecule has 90 valence electrons. The van der Waals surface area contributed by atoms with Crippen LogP contribution in [0.5, 0.6) is 5.75 Å². The van der Waals surface area contributed by atoms with Gasteiger partial charge in [0.05, 0.1) is 13.7 Å². The molecule has 1 rings (SSSR count). The monoisotopic (exact) mass is 223 g/mol. The topological polar surface area (TPSA) is 44.5 Å². The van der Waals surface area contributed by atoms with E-state index in [1.807, 2.05) is 0 Å². The summed E-state index contributed by atoms with van der Waals surface area (Å²) in [5.41, 5.74) is 8.90. The Morgan fingerprint density at radius 1 is 1.25 bits per heavy atom. The Morgan fingerprint density at radius 2 is 2.00 bits per heavy atom.